The number of amides is 1. The molecular formula is C26H25N3O4. The molecule has 0 aliphatic heterocycles. The highest BCUT2D eigenvalue weighted by Gasteiger charge is 2.07. The number of pyridine rings is 1. The maximum Gasteiger partial charge on any atom is 0.262 e. The first-order chi connectivity index (χ1) is 15.9. The molecule has 1 N–H and O–H groups in total. The maximum atomic E-state index is 12.3. The lowest BCUT2D eigenvalue weighted by atomic mass is 10.1. The summed E-state index contributed by atoms with van der Waals surface area (Å²) in [6.45, 7) is 5.95. The number of aromatic nitrogens is 2. The number of hydrogen-bond acceptors (Lipinski definition) is 5. The average molecular weight is 444 g/mol. The molecule has 0 unspecified atom stereocenters. The molecule has 0 bridgehead atoms. The Labute approximate surface area is 191 Å². The van der Waals surface area contributed by atoms with Gasteiger partial charge in [0.1, 0.15) is 23.8 Å². The monoisotopic (exact) mass is 443 g/mol. The fraction of sp³-hybridized carbons (Fsp3) is 0.192. The molecule has 2 heterocycles. The van der Waals surface area contributed by atoms with Crippen molar-refractivity contribution in [2.24, 2.45) is 0 Å². The van der Waals surface area contributed by atoms with Crippen molar-refractivity contribution in [3.8, 4) is 11.5 Å². The molecule has 0 saturated heterocycles. The van der Waals surface area contributed by atoms with Crippen LogP contribution in [0.2, 0.25) is 0 Å². The molecule has 0 fully saturated rings. The van der Waals surface area contributed by atoms with Gasteiger partial charge in [0.15, 0.2) is 6.61 Å². The Bertz CT molecular complexity index is 1360. The van der Waals surface area contributed by atoms with Gasteiger partial charge in [-0.25, -0.2) is 4.98 Å². The highest BCUT2D eigenvalue weighted by atomic mass is 16.5. The number of nitrogens with one attached hydrogen (secondary N) is 1. The third-order valence-electron chi connectivity index (χ3n) is 5.10. The van der Waals surface area contributed by atoms with E-state index >= 15 is 0 Å². The van der Waals surface area contributed by atoms with Gasteiger partial charge in [-0.05, 0) is 79.9 Å². The first kappa shape index (κ1) is 22.1. The Morgan fingerprint density at radius 1 is 0.939 bits per heavy atom. The summed E-state index contributed by atoms with van der Waals surface area (Å²) >= 11 is 0. The number of carbonyl (C=O) groups is 1. The van der Waals surface area contributed by atoms with Crippen LogP contribution in [0.1, 0.15) is 22.4 Å². The minimum Gasteiger partial charge on any atom is -0.487 e. The molecule has 2 aromatic carbocycles. The molecule has 1 amide bonds. The summed E-state index contributed by atoms with van der Waals surface area (Å²) < 4.78 is 12.9. The Kier molecular flexibility index (Phi) is 6.40. The zero-order chi connectivity index (χ0) is 23.4. The third-order valence-corrected chi connectivity index (χ3v) is 5.10. The number of carbonyl (C=O) groups excluding carboxylic acids is 1. The largest absolute Gasteiger partial charge is 0.487 e. The van der Waals surface area contributed by atoms with Gasteiger partial charge in [0.25, 0.3) is 11.5 Å². The van der Waals surface area contributed by atoms with E-state index in [1.54, 1.807) is 30.5 Å². The topological polar surface area (TPSA) is 81.9 Å². The van der Waals surface area contributed by atoms with Crippen molar-refractivity contribution in [1.29, 1.82) is 0 Å². The summed E-state index contributed by atoms with van der Waals surface area (Å²) in [6, 6.07) is 18.1. The zero-order valence-corrected chi connectivity index (χ0v) is 18.8. The summed E-state index contributed by atoms with van der Waals surface area (Å²) in [4.78, 5) is 29.0. The molecule has 4 rings (SSSR count). The maximum absolute atomic E-state index is 12.3. The fourth-order valence-electron chi connectivity index (χ4n) is 3.32. The summed E-state index contributed by atoms with van der Waals surface area (Å²) in [5.41, 5.74) is 4.69. The molecule has 2 aromatic heterocycles. The molecule has 33 heavy (non-hydrogen) atoms. The van der Waals surface area contributed by atoms with E-state index in [1.165, 1.54) is 10.5 Å². The van der Waals surface area contributed by atoms with Crippen molar-refractivity contribution < 1.29 is 14.3 Å². The van der Waals surface area contributed by atoms with E-state index in [0.717, 1.165) is 16.7 Å². The first-order valence-electron chi connectivity index (χ1n) is 10.6. The van der Waals surface area contributed by atoms with Gasteiger partial charge >= 0.3 is 0 Å². The minimum atomic E-state index is -0.249. The van der Waals surface area contributed by atoms with E-state index in [-0.39, 0.29) is 24.7 Å². The van der Waals surface area contributed by atoms with Gasteiger partial charge in [-0.1, -0.05) is 12.1 Å². The predicted octanol–water partition coefficient (Wildman–Crippen LogP) is 4.22. The van der Waals surface area contributed by atoms with E-state index in [2.05, 4.69) is 10.3 Å². The van der Waals surface area contributed by atoms with E-state index in [9.17, 15) is 9.59 Å². The third kappa shape index (κ3) is 5.57. The lowest BCUT2D eigenvalue weighted by Gasteiger charge is -2.11. The molecule has 7 heteroatoms. The van der Waals surface area contributed by atoms with Crippen molar-refractivity contribution in [2.75, 3.05) is 11.9 Å². The molecule has 0 spiro atoms. The Balaban J connectivity index is 1.33. The smallest absolute Gasteiger partial charge is 0.262 e. The van der Waals surface area contributed by atoms with E-state index < -0.39 is 0 Å². The molecule has 7 nitrogen and oxygen atoms in total. The Morgan fingerprint density at radius 2 is 1.70 bits per heavy atom. The number of aryl methyl sites for hydroxylation is 3. The number of hydrogen-bond donors (Lipinski definition) is 1. The van der Waals surface area contributed by atoms with Crippen molar-refractivity contribution in [1.82, 2.24) is 9.38 Å². The van der Waals surface area contributed by atoms with Crippen molar-refractivity contribution in [3.63, 3.8) is 0 Å². The lowest BCUT2D eigenvalue weighted by Crippen LogP contribution is -2.20. The second-order valence-electron chi connectivity index (χ2n) is 7.94. The van der Waals surface area contributed by atoms with Crippen LogP contribution in [0.5, 0.6) is 11.5 Å². The number of rotatable bonds is 7. The Hall–Kier alpha value is -4.13. The van der Waals surface area contributed by atoms with Crippen LogP contribution in [-0.4, -0.2) is 21.9 Å². The molecule has 0 aliphatic rings. The van der Waals surface area contributed by atoms with Crippen LogP contribution < -0.4 is 20.3 Å². The van der Waals surface area contributed by atoms with Gasteiger partial charge in [0, 0.05) is 18.0 Å². The number of fused-ring (bicyclic) bond motifs is 1. The zero-order valence-electron chi connectivity index (χ0n) is 18.8. The van der Waals surface area contributed by atoms with Crippen molar-refractivity contribution in [3.05, 3.63) is 99.6 Å². The Morgan fingerprint density at radius 3 is 2.48 bits per heavy atom. The second kappa shape index (κ2) is 9.56. The fourth-order valence-corrected chi connectivity index (χ4v) is 3.32. The van der Waals surface area contributed by atoms with Gasteiger partial charge in [-0.15, -0.1) is 0 Å². The number of nitrogens with zero attached hydrogens (tertiary/aromatic N) is 2. The lowest BCUT2D eigenvalue weighted by molar-refractivity contribution is -0.118. The van der Waals surface area contributed by atoms with Crippen LogP contribution in [0, 0.1) is 20.8 Å². The van der Waals surface area contributed by atoms with Crippen LogP contribution in [0.15, 0.2) is 71.7 Å². The van der Waals surface area contributed by atoms with Crippen LogP contribution in [-0.2, 0) is 11.4 Å². The molecular weight excluding hydrogens is 418 g/mol. The number of benzene rings is 2. The quantitative estimate of drug-likeness (QED) is 0.463. The van der Waals surface area contributed by atoms with Crippen LogP contribution >= 0.6 is 0 Å². The first-order valence-corrected chi connectivity index (χ1v) is 10.6. The van der Waals surface area contributed by atoms with E-state index in [1.807, 2.05) is 51.1 Å². The molecule has 0 saturated carbocycles. The molecule has 0 aliphatic carbocycles. The summed E-state index contributed by atoms with van der Waals surface area (Å²) in [6.07, 6.45) is 1.71. The van der Waals surface area contributed by atoms with Gasteiger partial charge in [-0.2, -0.15) is 0 Å². The minimum absolute atomic E-state index is 0.0782. The number of ether oxygens (including phenoxy) is 2. The van der Waals surface area contributed by atoms with Crippen LogP contribution in [0.4, 0.5) is 5.69 Å². The highest BCUT2D eigenvalue weighted by molar-refractivity contribution is 5.91. The van der Waals surface area contributed by atoms with Crippen molar-refractivity contribution in [2.45, 2.75) is 27.4 Å². The van der Waals surface area contributed by atoms with E-state index in [4.69, 9.17) is 9.47 Å². The highest BCUT2D eigenvalue weighted by Crippen LogP contribution is 2.20. The van der Waals surface area contributed by atoms with Crippen molar-refractivity contribution >= 4 is 17.2 Å². The summed E-state index contributed by atoms with van der Waals surface area (Å²) in [5.74, 6) is 1.05. The van der Waals surface area contributed by atoms with Crippen LogP contribution in [0.25, 0.3) is 5.65 Å². The van der Waals surface area contributed by atoms with Gasteiger partial charge in [0.05, 0.1) is 5.69 Å². The molecule has 4 aromatic rings. The summed E-state index contributed by atoms with van der Waals surface area (Å²) in [5, 5.41) is 2.80. The molecule has 0 atom stereocenters. The predicted molar refractivity (Wildman–Crippen MR) is 127 cm³/mol. The van der Waals surface area contributed by atoms with Gasteiger partial charge < -0.3 is 14.8 Å². The second-order valence-corrected chi connectivity index (χ2v) is 7.94. The van der Waals surface area contributed by atoms with Crippen LogP contribution in [0.3, 0.4) is 0 Å². The molecule has 0 radical (unpaired) electrons. The van der Waals surface area contributed by atoms with E-state index in [0.29, 0.717) is 28.5 Å². The normalized spacial score (nSPS) is 10.8. The molecule has 168 valence electrons. The summed E-state index contributed by atoms with van der Waals surface area (Å²) in [7, 11) is 0. The number of anilines is 1. The van der Waals surface area contributed by atoms with Gasteiger partial charge in [-0.3, -0.25) is 14.0 Å². The standard InChI is InChI=1S/C26H25N3O4/c1-17-4-5-19(3)23(12-17)33-16-25(30)28-20-6-8-22(9-7-20)32-15-21-14-26(31)29-11-10-18(2)13-24(29)27-21/h4-14H,15-16H2,1-3H3,(H,28,30). The average Bonchev–Trinajstić information content (AvgIpc) is 2.79. The SMILES string of the molecule is Cc1ccc(C)c(OCC(=O)Nc2ccc(OCc3cc(=O)n4ccc(C)cc4n3)cc2)c1. The van der Waals surface area contributed by atoms with Gasteiger partial charge in [0.2, 0.25) is 0 Å².